The molecular formula is C18H27N5O3. The molecule has 2 aromatic rings. The Labute approximate surface area is 153 Å². The molecule has 2 atom stereocenters. The molecule has 3 rings (SSSR count). The molecule has 0 aliphatic carbocycles. The molecule has 0 radical (unpaired) electrons. The average molecular weight is 361 g/mol. The summed E-state index contributed by atoms with van der Waals surface area (Å²) in [6, 6.07) is -0.206. The largest absolute Gasteiger partial charge is 0.390 e. The molecule has 0 aromatic carbocycles. The number of carbonyl (C=O) groups excluding carboxylic acids is 1. The van der Waals surface area contributed by atoms with E-state index in [9.17, 15) is 9.90 Å². The molecule has 1 aliphatic rings. The third-order valence-electron chi connectivity index (χ3n) is 4.91. The summed E-state index contributed by atoms with van der Waals surface area (Å²) in [5.74, 6) is 0.766. The summed E-state index contributed by atoms with van der Waals surface area (Å²) in [6.07, 6.45) is 4.18. The van der Waals surface area contributed by atoms with Crippen LogP contribution >= 0.6 is 0 Å². The zero-order valence-corrected chi connectivity index (χ0v) is 15.6. The average Bonchev–Trinajstić information content (AvgIpc) is 3.15. The Kier molecular flexibility index (Phi) is 5.73. The lowest BCUT2D eigenvalue weighted by Crippen LogP contribution is -2.53. The second-order valence-corrected chi connectivity index (χ2v) is 7.10. The lowest BCUT2D eigenvalue weighted by molar-refractivity contribution is -0.123. The Bertz CT molecular complexity index is 734. The molecule has 2 N–H and O–H groups in total. The molecule has 0 saturated carbocycles. The number of rotatable bonds is 6. The predicted octanol–water partition coefficient (Wildman–Crippen LogP) is 0.938. The molecular weight excluding hydrogens is 334 g/mol. The van der Waals surface area contributed by atoms with Crippen LogP contribution in [0, 0.1) is 20.8 Å². The predicted molar refractivity (Wildman–Crippen MR) is 95.4 cm³/mol. The Morgan fingerprint density at radius 3 is 2.85 bits per heavy atom. The second-order valence-electron chi connectivity index (χ2n) is 7.10. The van der Waals surface area contributed by atoms with Crippen LogP contribution in [-0.4, -0.2) is 56.1 Å². The first-order valence-electron chi connectivity index (χ1n) is 9.03. The van der Waals surface area contributed by atoms with Crippen molar-refractivity contribution < 1.29 is 14.4 Å². The highest BCUT2D eigenvalue weighted by atomic mass is 16.5. The minimum absolute atomic E-state index is 0.0543. The van der Waals surface area contributed by atoms with Crippen LogP contribution in [0.1, 0.15) is 35.4 Å². The highest BCUT2D eigenvalue weighted by Gasteiger charge is 2.29. The second kappa shape index (κ2) is 8.01. The van der Waals surface area contributed by atoms with Gasteiger partial charge >= 0.3 is 0 Å². The molecule has 1 fully saturated rings. The number of carbonyl (C=O) groups is 1. The standard InChI is InChI=1S/C18H27N5O3/c1-12-8-19-23(9-12)7-5-18(25)20-16-4-6-22(11-17(16)24)10-15-13(2)21-26-14(15)3/h8-9,16-17,24H,4-7,10-11H2,1-3H3,(H,20,25)/t16-,17-/m1/s1. The van der Waals surface area contributed by atoms with Gasteiger partial charge in [-0.15, -0.1) is 0 Å². The number of aromatic nitrogens is 3. The van der Waals surface area contributed by atoms with Gasteiger partial charge in [0, 0.05) is 44.4 Å². The minimum Gasteiger partial charge on any atom is -0.390 e. The first kappa shape index (κ1) is 18.6. The zero-order valence-electron chi connectivity index (χ0n) is 15.6. The molecule has 0 bridgehead atoms. The number of aliphatic hydroxyl groups is 1. The van der Waals surface area contributed by atoms with Gasteiger partial charge in [-0.3, -0.25) is 14.4 Å². The van der Waals surface area contributed by atoms with Gasteiger partial charge in [-0.1, -0.05) is 5.16 Å². The van der Waals surface area contributed by atoms with Crippen LogP contribution in [0.4, 0.5) is 0 Å². The highest BCUT2D eigenvalue weighted by Crippen LogP contribution is 2.19. The topological polar surface area (TPSA) is 96.4 Å². The molecule has 2 aromatic heterocycles. The van der Waals surface area contributed by atoms with Crippen molar-refractivity contribution in [1.82, 2.24) is 25.2 Å². The molecule has 1 aliphatic heterocycles. The van der Waals surface area contributed by atoms with Crippen LogP contribution in [-0.2, 0) is 17.9 Å². The van der Waals surface area contributed by atoms with Gasteiger partial charge in [0.25, 0.3) is 0 Å². The van der Waals surface area contributed by atoms with Gasteiger partial charge in [-0.2, -0.15) is 5.10 Å². The lowest BCUT2D eigenvalue weighted by Gasteiger charge is -2.36. The SMILES string of the molecule is Cc1cnn(CCC(=O)N[C@@H]2CCN(Cc3c(C)noc3C)C[C@H]2O)c1. The number of likely N-dealkylation sites (tertiary alicyclic amines) is 1. The van der Waals surface area contributed by atoms with Crippen molar-refractivity contribution in [3.63, 3.8) is 0 Å². The number of nitrogens with zero attached hydrogens (tertiary/aromatic N) is 4. The van der Waals surface area contributed by atoms with Gasteiger partial charge in [-0.05, 0) is 32.8 Å². The van der Waals surface area contributed by atoms with Gasteiger partial charge in [0.05, 0.1) is 24.0 Å². The van der Waals surface area contributed by atoms with Gasteiger partial charge in [0.15, 0.2) is 0 Å². The summed E-state index contributed by atoms with van der Waals surface area (Å²) in [6.45, 7) is 8.38. The van der Waals surface area contributed by atoms with Crippen molar-refractivity contribution >= 4 is 5.91 Å². The fraction of sp³-hybridized carbons (Fsp3) is 0.611. The maximum absolute atomic E-state index is 12.2. The number of hydrogen-bond donors (Lipinski definition) is 2. The monoisotopic (exact) mass is 361 g/mol. The molecule has 0 spiro atoms. The Morgan fingerprint density at radius 1 is 1.42 bits per heavy atom. The molecule has 26 heavy (non-hydrogen) atoms. The minimum atomic E-state index is -0.583. The van der Waals surface area contributed by atoms with Gasteiger partial charge in [0.1, 0.15) is 5.76 Å². The highest BCUT2D eigenvalue weighted by molar-refractivity contribution is 5.76. The summed E-state index contributed by atoms with van der Waals surface area (Å²) >= 11 is 0. The van der Waals surface area contributed by atoms with E-state index in [2.05, 4.69) is 20.5 Å². The molecule has 1 amide bonds. The first-order chi connectivity index (χ1) is 12.4. The van der Waals surface area contributed by atoms with Crippen molar-refractivity contribution in [3.8, 4) is 0 Å². The summed E-state index contributed by atoms with van der Waals surface area (Å²) in [5.41, 5.74) is 3.04. The van der Waals surface area contributed by atoms with Crippen molar-refractivity contribution in [2.75, 3.05) is 13.1 Å². The Morgan fingerprint density at radius 2 is 2.23 bits per heavy atom. The molecule has 142 valence electrons. The summed E-state index contributed by atoms with van der Waals surface area (Å²) in [7, 11) is 0. The molecule has 8 heteroatoms. The van der Waals surface area contributed by atoms with E-state index in [4.69, 9.17) is 4.52 Å². The van der Waals surface area contributed by atoms with Crippen LogP contribution < -0.4 is 5.32 Å². The maximum atomic E-state index is 12.2. The lowest BCUT2D eigenvalue weighted by atomic mass is 10.0. The van der Waals surface area contributed by atoms with Crippen molar-refractivity contribution in [2.45, 2.75) is 58.8 Å². The van der Waals surface area contributed by atoms with Gasteiger partial charge < -0.3 is 14.9 Å². The van der Waals surface area contributed by atoms with Crippen molar-refractivity contribution in [3.05, 3.63) is 35.0 Å². The van der Waals surface area contributed by atoms with E-state index in [-0.39, 0.29) is 11.9 Å². The maximum Gasteiger partial charge on any atom is 0.222 e. The van der Waals surface area contributed by atoms with E-state index in [1.807, 2.05) is 27.0 Å². The normalized spacial score (nSPS) is 21.1. The van der Waals surface area contributed by atoms with Crippen LogP contribution in [0.15, 0.2) is 16.9 Å². The van der Waals surface area contributed by atoms with Gasteiger partial charge in [-0.25, -0.2) is 0 Å². The summed E-state index contributed by atoms with van der Waals surface area (Å²) < 4.78 is 6.96. The number of aliphatic hydroxyl groups excluding tert-OH is 1. The van der Waals surface area contributed by atoms with E-state index in [0.29, 0.717) is 26.1 Å². The van der Waals surface area contributed by atoms with Crippen molar-refractivity contribution in [1.29, 1.82) is 0 Å². The fourth-order valence-corrected chi connectivity index (χ4v) is 3.34. The van der Waals surface area contributed by atoms with E-state index >= 15 is 0 Å². The third-order valence-corrected chi connectivity index (χ3v) is 4.91. The van der Waals surface area contributed by atoms with Crippen LogP contribution in [0.25, 0.3) is 0 Å². The van der Waals surface area contributed by atoms with Crippen molar-refractivity contribution in [2.24, 2.45) is 0 Å². The molecule has 3 heterocycles. The molecule has 1 saturated heterocycles. The Hall–Kier alpha value is -2.19. The summed E-state index contributed by atoms with van der Waals surface area (Å²) in [5, 5.41) is 21.5. The van der Waals surface area contributed by atoms with Crippen LogP contribution in [0.5, 0.6) is 0 Å². The number of piperidine rings is 1. The number of hydrogen-bond acceptors (Lipinski definition) is 6. The van der Waals surface area contributed by atoms with Crippen LogP contribution in [0.3, 0.4) is 0 Å². The fourth-order valence-electron chi connectivity index (χ4n) is 3.34. The van der Waals surface area contributed by atoms with Gasteiger partial charge in [0.2, 0.25) is 5.91 Å². The molecule has 0 unspecified atom stereocenters. The zero-order chi connectivity index (χ0) is 18.7. The van der Waals surface area contributed by atoms with E-state index in [0.717, 1.165) is 35.5 Å². The number of nitrogens with one attached hydrogen (secondary N) is 1. The third kappa shape index (κ3) is 4.50. The quantitative estimate of drug-likeness (QED) is 0.795. The number of aryl methyl sites for hydroxylation is 4. The van der Waals surface area contributed by atoms with E-state index in [1.54, 1.807) is 10.9 Å². The summed E-state index contributed by atoms with van der Waals surface area (Å²) in [4.78, 5) is 14.3. The van der Waals surface area contributed by atoms with E-state index in [1.165, 1.54) is 0 Å². The number of β-amino-alcohol motifs (C(OH)–C–C–N with tert-alkyl or cyclic N) is 1. The smallest absolute Gasteiger partial charge is 0.222 e. The van der Waals surface area contributed by atoms with E-state index < -0.39 is 6.10 Å². The van der Waals surface area contributed by atoms with Crippen LogP contribution in [0.2, 0.25) is 0 Å². The molecule has 8 nitrogen and oxygen atoms in total. The first-order valence-corrected chi connectivity index (χ1v) is 9.03. The number of amides is 1. The Balaban J connectivity index is 1.45.